The van der Waals surface area contributed by atoms with E-state index in [1.807, 2.05) is 13.8 Å². The smallest absolute Gasteiger partial charge is 0.342 e. The Hall–Kier alpha value is -1.62. The lowest BCUT2D eigenvalue weighted by Gasteiger charge is -2.41. The number of hydrogen-bond acceptors (Lipinski definition) is 5. The summed E-state index contributed by atoms with van der Waals surface area (Å²) in [5.41, 5.74) is 0.321. The standard InChI is InChI=1S/C16H24N2O3/c1-5-16(4)11-18(9-10-20-16)14-13(7-6-8-17-14)15(19)21-12(2)3/h6-8,12H,5,9-11H2,1-4H3. The molecule has 0 radical (unpaired) electrons. The van der Waals surface area contributed by atoms with Crippen molar-refractivity contribution in [3.63, 3.8) is 0 Å². The summed E-state index contributed by atoms with van der Waals surface area (Å²) in [5.74, 6) is 0.365. The lowest BCUT2D eigenvalue weighted by molar-refractivity contribution is -0.0444. The van der Waals surface area contributed by atoms with E-state index in [0.717, 1.165) is 19.5 Å². The molecule has 0 bridgehead atoms. The third kappa shape index (κ3) is 3.73. The number of ether oxygens (including phenoxy) is 2. The van der Waals surface area contributed by atoms with Crippen LogP contribution in [-0.4, -0.2) is 42.4 Å². The molecule has 1 atom stereocenters. The predicted molar refractivity (Wildman–Crippen MR) is 81.6 cm³/mol. The van der Waals surface area contributed by atoms with Gasteiger partial charge in [0, 0.05) is 19.3 Å². The number of carbonyl (C=O) groups is 1. The Morgan fingerprint density at radius 1 is 1.57 bits per heavy atom. The van der Waals surface area contributed by atoms with Gasteiger partial charge in [0.1, 0.15) is 11.4 Å². The van der Waals surface area contributed by atoms with E-state index in [0.29, 0.717) is 18.0 Å². The summed E-state index contributed by atoms with van der Waals surface area (Å²) in [4.78, 5) is 18.7. The highest BCUT2D eigenvalue weighted by Gasteiger charge is 2.32. The van der Waals surface area contributed by atoms with Crippen molar-refractivity contribution in [1.82, 2.24) is 4.98 Å². The molecule has 1 unspecified atom stereocenters. The van der Waals surface area contributed by atoms with Gasteiger partial charge in [0.05, 0.1) is 18.3 Å². The van der Waals surface area contributed by atoms with Crippen molar-refractivity contribution in [3.8, 4) is 0 Å². The molecule has 2 rings (SSSR count). The molecule has 0 aliphatic carbocycles. The van der Waals surface area contributed by atoms with Crippen LogP contribution in [0.3, 0.4) is 0 Å². The normalized spacial score (nSPS) is 22.4. The molecular formula is C16H24N2O3. The van der Waals surface area contributed by atoms with Crippen LogP contribution < -0.4 is 4.90 Å². The van der Waals surface area contributed by atoms with Gasteiger partial charge in [-0.25, -0.2) is 9.78 Å². The van der Waals surface area contributed by atoms with Gasteiger partial charge in [0.2, 0.25) is 0 Å². The SMILES string of the molecule is CCC1(C)CN(c2ncccc2C(=O)OC(C)C)CCO1. The Morgan fingerprint density at radius 2 is 2.33 bits per heavy atom. The second-order valence-corrected chi connectivity index (χ2v) is 5.90. The Labute approximate surface area is 126 Å². The molecule has 21 heavy (non-hydrogen) atoms. The van der Waals surface area contributed by atoms with Gasteiger partial charge in [-0.2, -0.15) is 0 Å². The highest BCUT2D eigenvalue weighted by molar-refractivity contribution is 5.94. The molecule has 5 heteroatoms. The van der Waals surface area contributed by atoms with E-state index in [-0.39, 0.29) is 17.7 Å². The van der Waals surface area contributed by atoms with Crippen LogP contribution >= 0.6 is 0 Å². The number of nitrogens with zero attached hydrogens (tertiary/aromatic N) is 2. The maximum absolute atomic E-state index is 12.2. The third-order valence-electron chi connectivity index (χ3n) is 3.73. The molecule has 0 amide bonds. The Kier molecular flexibility index (Phi) is 4.83. The van der Waals surface area contributed by atoms with Crippen LogP contribution in [0.15, 0.2) is 18.3 Å². The number of aromatic nitrogens is 1. The Bertz CT molecular complexity index is 504. The molecule has 1 saturated heterocycles. The third-order valence-corrected chi connectivity index (χ3v) is 3.73. The highest BCUT2D eigenvalue weighted by atomic mass is 16.5. The first-order valence-corrected chi connectivity index (χ1v) is 7.50. The van der Waals surface area contributed by atoms with Gasteiger partial charge in [0.15, 0.2) is 0 Å². The molecule has 1 aliphatic rings. The molecule has 2 heterocycles. The molecule has 1 aliphatic heterocycles. The fourth-order valence-corrected chi connectivity index (χ4v) is 2.41. The zero-order valence-electron chi connectivity index (χ0n) is 13.3. The van der Waals surface area contributed by atoms with Crippen molar-refractivity contribution in [2.75, 3.05) is 24.6 Å². The van der Waals surface area contributed by atoms with E-state index >= 15 is 0 Å². The summed E-state index contributed by atoms with van der Waals surface area (Å²) in [6.07, 6.45) is 2.48. The molecular weight excluding hydrogens is 268 g/mol. The van der Waals surface area contributed by atoms with Crippen LogP contribution in [0.25, 0.3) is 0 Å². The zero-order chi connectivity index (χ0) is 15.5. The first-order valence-electron chi connectivity index (χ1n) is 7.50. The lowest BCUT2D eigenvalue weighted by atomic mass is 10.0. The number of morpholine rings is 1. The largest absolute Gasteiger partial charge is 0.459 e. The quantitative estimate of drug-likeness (QED) is 0.799. The number of carbonyl (C=O) groups excluding carboxylic acids is 1. The fraction of sp³-hybridized carbons (Fsp3) is 0.625. The van der Waals surface area contributed by atoms with Crippen molar-refractivity contribution in [3.05, 3.63) is 23.9 Å². The first-order chi connectivity index (χ1) is 9.95. The van der Waals surface area contributed by atoms with Crippen LogP contribution in [0.1, 0.15) is 44.5 Å². The van der Waals surface area contributed by atoms with E-state index in [1.165, 1.54) is 0 Å². The average Bonchev–Trinajstić information content (AvgIpc) is 2.46. The summed E-state index contributed by atoms with van der Waals surface area (Å²) in [7, 11) is 0. The molecule has 0 saturated carbocycles. The van der Waals surface area contributed by atoms with Crippen molar-refractivity contribution in [2.45, 2.75) is 45.8 Å². The van der Waals surface area contributed by atoms with Crippen LogP contribution in [0.2, 0.25) is 0 Å². The van der Waals surface area contributed by atoms with Gasteiger partial charge in [-0.15, -0.1) is 0 Å². The van der Waals surface area contributed by atoms with E-state index in [1.54, 1.807) is 18.3 Å². The van der Waals surface area contributed by atoms with Crippen LogP contribution in [0.5, 0.6) is 0 Å². The van der Waals surface area contributed by atoms with Gasteiger partial charge in [-0.05, 0) is 39.3 Å². The molecule has 1 aromatic heterocycles. The van der Waals surface area contributed by atoms with Crippen molar-refractivity contribution < 1.29 is 14.3 Å². The molecule has 0 N–H and O–H groups in total. The summed E-state index contributed by atoms with van der Waals surface area (Å²) in [6.45, 7) is 9.98. The van der Waals surface area contributed by atoms with Gasteiger partial charge in [-0.1, -0.05) is 6.92 Å². The van der Waals surface area contributed by atoms with E-state index < -0.39 is 0 Å². The minimum atomic E-state index is -0.321. The van der Waals surface area contributed by atoms with Crippen LogP contribution in [-0.2, 0) is 9.47 Å². The second kappa shape index (κ2) is 6.43. The highest BCUT2D eigenvalue weighted by Crippen LogP contribution is 2.27. The minimum absolute atomic E-state index is 0.142. The molecule has 1 fully saturated rings. The Morgan fingerprint density at radius 3 is 3.00 bits per heavy atom. The average molecular weight is 292 g/mol. The number of rotatable bonds is 4. The van der Waals surface area contributed by atoms with Crippen molar-refractivity contribution in [1.29, 1.82) is 0 Å². The molecule has 0 aromatic carbocycles. The van der Waals surface area contributed by atoms with Gasteiger partial charge in [0.25, 0.3) is 0 Å². The van der Waals surface area contributed by atoms with E-state index in [2.05, 4.69) is 23.7 Å². The number of anilines is 1. The topological polar surface area (TPSA) is 51.7 Å². The fourth-order valence-electron chi connectivity index (χ4n) is 2.41. The van der Waals surface area contributed by atoms with E-state index in [9.17, 15) is 4.79 Å². The molecule has 116 valence electrons. The minimum Gasteiger partial charge on any atom is -0.459 e. The zero-order valence-corrected chi connectivity index (χ0v) is 13.3. The monoisotopic (exact) mass is 292 g/mol. The maximum atomic E-state index is 12.2. The molecule has 1 aromatic rings. The van der Waals surface area contributed by atoms with E-state index in [4.69, 9.17) is 9.47 Å². The van der Waals surface area contributed by atoms with Crippen LogP contribution in [0, 0.1) is 0 Å². The van der Waals surface area contributed by atoms with Crippen LogP contribution in [0.4, 0.5) is 5.82 Å². The summed E-state index contributed by atoms with van der Waals surface area (Å²) in [6, 6.07) is 3.53. The van der Waals surface area contributed by atoms with Crippen molar-refractivity contribution in [2.24, 2.45) is 0 Å². The number of esters is 1. The molecule has 0 spiro atoms. The van der Waals surface area contributed by atoms with Gasteiger partial charge in [-0.3, -0.25) is 0 Å². The van der Waals surface area contributed by atoms with Gasteiger partial charge >= 0.3 is 5.97 Å². The maximum Gasteiger partial charge on any atom is 0.342 e. The first kappa shape index (κ1) is 15.8. The number of hydrogen-bond donors (Lipinski definition) is 0. The second-order valence-electron chi connectivity index (χ2n) is 5.90. The predicted octanol–water partition coefficient (Wildman–Crippen LogP) is 2.65. The summed E-state index contributed by atoms with van der Waals surface area (Å²) >= 11 is 0. The summed E-state index contributed by atoms with van der Waals surface area (Å²) in [5, 5.41) is 0. The number of pyridine rings is 1. The Balaban J connectivity index is 2.25. The lowest BCUT2D eigenvalue weighted by Crippen LogP contribution is -2.50. The van der Waals surface area contributed by atoms with Gasteiger partial charge < -0.3 is 14.4 Å². The summed E-state index contributed by atoms with van der Waals surface area (Å²) < 4.78 is 11.2. The van der Waals surface area contributed by atoms with Crippen molar-refractivity contribution >= 4 is 11.8 Å². The molecule has 5 nitrogen and oxygen atoms in total.